The van der Waals surface area contributed by atoms with Gasteiger partial charge in [-0.1, -0.05) is 25.4 Å². The molecule has 0 aliphatic rings. The molecule has 0 heterocycles. The third kappa shape index (κ3) is 5.21. The molecular weight excluding hydrogens is 290 g/mol. The standard InChI is InChI=1S/C16H24ClNO3/c1-5-13(6-2)18-16(20)11(4)21-15-8-7-12(17)9-14(15)10(3)19/h7-11,13,19H,5-6H2,1-4H3,(H,18,20)/t10-,11?/m1/s1. The molecule has 0 bridgehead atoms. The Labute approximate surface area is 131 Å². The fourth-order valence-electron chi connectivity index (χ4n) is 2.01. The van der Waals surface area contributed by atoms with Gasteiger partial charge < -0.3 is 15.2 Å². The number of nitrogens with one attached hydrogen (secondary N) is 1. The molecule has 1 aromatic carbocycles. The first kappa shape index (κ1) is 17.8. The van der Waals surface area contributed by atoms with Crippen LogP contribution in [0.15, 0.2) is 18.2 Å². The van der Waals surface area contributed by atoms with E-state index in [4.69, 9.17) is 16.3 Å². The van der Waals surface area contributed by atoms with Crippen LogP contribution < -0.4 is 10.1 Å². The van der Waals surface area contributed by atoms with Gasteiger partial charge in [0.15, 0.2) is 6.10 Å². The average molecular weight is 314 g/mol. The van der Waals surface area contributed by atoms with E-state index in [-0.39, 0.29) is 11.9 Å². The monoisotopic (exact) mass is 313 g/mol. The van der Waals surface area contributed by atoms with E-state index in [0.717, 1.165) is 12.8 Å². The SMILES string of the molecule is CCC(CC)NC(=O)C(C)Oc1ccc(Cl)cc1[C@@H](C)O. The zero-order chi connectivity index (χ0) is 16.0. The van der Waals surface area contributed by atoms with Crippen molar-refractivity contribution in [3.63, 3.8) is 0 Å². The van der Waals surface area contributed by atoms with Gasteiger partial charge in [0.2, 0.25) is 0 Å². The van der Waals surface area contributed by atoms with Crippen molar-refractivity contribution >= 4 is 17.5 Å². The Morgan fingerprint density at radius 3 is 2.48 bits per heavy atom. The molecule has 21 heavy (non-hydrogen) atoms. The zero-order valence-electron chi connectivity index (χ0n) is 13.0. The lowest BCUT2D eigenvalue weighted by Crippen LogP contribution is -2.42. The molecule has 1 aromatic rings. The number of ether oxygens (including phenoxy) is 1. The summed E-state index contributed by atoms with van der Waals surface area (Å²) in [4.78, 5) is 12.1. The second-order valence-electron chi connectivity index (χ2n) is 5.14. The van der Waals surface area contributed by atoms with Gasteiger partial charge in [0, 0.05) is 16.6 Å². The van der Waals surface area contributed by atoms with Crippen LogP contribution in [0.5, 0.6) is 5.75 Å². The lowest BCUT2D eigenvalue weighted by atomic mass is 10.1. The Morgan fingerprint density at radius 2 is 1.95 bits per heavy atom. The second kappa shape index (κ2) is 8.25. The minimum Gasteiger partial charge on any atom is -0.481 e. The lowest BCUT2D eigenvalue weighted by molar-refractivity contribution is -0.128. The Hall–Kier alpha value is -1.26. The van der Waals surface area contributed by atoms with Crippen molar-refractivity contribution < 1.29 is 14.6 Å². The van der Waals surface area contributed by atoms with Gasteiger partial charge in [-0.25, -0.2) is 0 Å². The lowest BCUT2D eigenvalue weighted by Gasteiger charge is -2.21. The number of aliphatic hydroxyl groups is 1. The molecule has 5 heteroatoms. The molecule has 0 spiro atoms. The smallest absolute Gasteiger partial charge is 0.260 e. The van der Waals surface area contributed by atoms with E-state index in [9.17, 15) is 9.90 Å². The molecule has 0 saturated heterocycles. The molecule has 0 saturated carbocycles. The van der Waals surface area contributed by atoms with Crippen molar-refractivity contribution in [2.75, 3.05) is 0 Å². The van der Waals surface area contributed by atoms with Crippen LogP contribution >= 0.6 is 11.6 Å². The van der Waals surface area contributed by atoms with Crippen molar-refractivity contribution in [3.8, 4) is 5.75 Å². The van der Waals surface area contributed by atoms with E-state index in [1.807, 2.05) is 13.8 Å². The summed E-state index contributed by atoms with van der Waals surface area (Å²) >= 11 is 5.92. The average Bonchev–Trinajstić information content (AvgIpc) is 2.45. The highest BCUT2D eigenvalue weighted by molar-refractivity contribution is 6.30. The topological polar surface area (TPSA) is 58.6 Å². The summed E-state index contributed by atoms with van der Waals surface area (Å²) < 4.78 is 5.68. The quantitative estimate of drug-likeness (QED) is 0.810. The van der Waals surface area contributed by atoms with Crippen LogP contribution in [0.4, 0.5) is 0 Å². The summed E-state index contributed by atoms with van der Waals surface area (Å²) in [5.41, 5.74) is 0.574. The number of rotatable bonds is 7. The van der Waals surface area contributed by atoms with Crippen molar-refractivity contribution in [1.82, 2.24) is 5.32 Å². The number of hydrogen-bond donors (Lipinski definition) is 2. The van der Waals surface area contributed by atoms with Crippen LogP contribution in [0.25, 0.3) is 0 Å². The fraction of sp³-hybridized carbons (Fsp3) is 0.562. The van der Waals surface area contributed by atoms with E-state index in [0.29, 0.717) is 16.3 Å². The zero-order valence-corrected chi connectivity index (χ0v) is 13.8. The highest BCUT2D eigenvalue weighted by Crippen LogP contribution is 2.29. The van der Waals surface area contributed by atoms with Gasteiger partial charge in [0.05, 0.1) is 6.10 Å². The molecule has 0 aliphatic carbocycles. The Bertz CT molecular complexity index is 473. The maximum atomic E-state index is 12.1. The first-order chi connectivity index (χ1) is 9.88. The third-order valence-corrected chi connectivity index (χ3v) is 3.66. The predicted molar refractivity (Wildman–Crippen MR) is 84.7 cm³/mol. The molecule has 4 nitrogen and oxygen atoms in total. The summed E-state index contributed by atoms with van der Waals surface area (Å²) in [7, 11) is 0. The van der Waals surface area contributed by atoms with Crippen molar-refractivity contribution in [3.05, 3.63) is 28.8 Å². The van der Waals surface area contributed by atoms with E-state index in [1.165, 1.54) is 0 Å². The van der Waals surface area contributed by atoms with E-state index < -0.39 is 12.2 Å². The highest BCUT2D eigenvalue weighted by Gasteiger charge is 2.19. The molecular formula is C16H24ClNO3. The van der Waals surface area contributed by atoms with Crippen LogP contribution in [0.2, 0.25) is 5.02 Å². The molecule has 0 fully saturated rings. The first-order valence-electron chi connectivity index (χ1n) is 7.33. The van der Waals surface area contributed by atoms with Crippen molar-refractivity contribution in [1.29, 1.82) is 0 Å². The number of benzene rings is 1. The van der Waals surface area contributed by atoms with Crippen molar-refractivity contribution in [2.24, 2.45) is 0 Å². The summed E-state index contributed by atoms with van der Waals surface area (Å²) in [5, 5.41) is 13.2. The Balaban J connectivity index is 2.78. The van der Waals surface area contributed by atoms with E-state index in [2.05, 4.69) is 5.32 Å². The molecule has 1 unspecified atom stereocenters. The number of carbonyl (C=O) groups is 1. The molecule has 2 N–H and O–H groups in total. The number of halogens is 1. The van der Waals surface area contributed by atoms with Crippen LogP contribution in [0, 0.1) is 0 Å². The third-order valence-electron chi connectivity index (χ3n) is 3.43. The normalized spacial score (nSPS) is 13.9. The molecule has 0 aromatic heterocycles. The summed E-state index contributed by atoms with van der Waals surface area (Å²) in [6, 6.07) is 5.15. The maximum Gasteiger partial charge on any atom is 0.260 e. The van der Waals surface area contributed by atoms with Gasteiger partial charge in [-0.3, -0.25) is 4.79 Å². The summed E-state index contributed by atoms with van der Waals surface area (Å²) in [6.07, 6.45) is 0.418. The number of amides is 1. The number of carbonyl (C=O) groups excluding carboxylic acids is 1. The Morgan fingerprint density at radius 1 is 1.33 bits per heavy atom. The van der Waals surface area contributed by atoms with Gasteiger partial charge in [-0.15, -0.1) is 0 Å². The van der Waals surface area contributed by atoms with Crippen molar-refractivity contribution in [2.45, 2.75) is 58.8 Å². The number of hydrogen-bond acceptors (Lipinski definition) is 3. The minimum atomic E-state index is -0.715. The predicted octanol–water partition coefficient (Wildman–Crippen LogP) is 3.47. The van der Waals surface area contributed by atoms with E-state index in [1.54, 1.807) is 32.0 Å². The van der Waals surface area contributed by atoms with Gasteiger partial charge in [0.1, 0.15) is 5.75 Å². The van der Waals surface area contributed by atoms with Crippen LogP contribution in [0.1, 0.15) is 52.2 Å². The maximum absolute atomic E-state index is 12.1. The van der Waals surface area contributed by atoms with Gasteiger partial charge >= 0.3 is 0 Å². The minimum absolute atomic E-state index is 0.157. The van der Waals surface area contributed by atoms with E-state index >= 15 is 0 Å². The Kier molecular flexibility index (Phi) is 6.99. The molecule has 118 valence electrons. The molecule has 0 aliphatic heterocycles. The summed E-state index contributed by atoms with van der Waals surface area (Å²) in [6.45, 7) is 7.39. The van der Waals surface area contributed by atoms with Gasteiger partial charge in [0.25, 0.3) is 5.91 Å². The summed E-state index contributed by atoms with van der Waals surface area (Å²) in [5.74, 6) is 0.316. The molecule has 1 amide bonds. The van der Waals surface area contributed by atoms with Gasteiger partial charge in [-0.2, -0.15) is 0 Å². The molecule has 1 rings (SSSR count). The fourth-order valence-corrected chi connectivity index (χ4v) is 2.19. The molecule has 0 radical (unpaired) electrons. The molecule has 2 atom stereocenters. The van der Waals surface area contributed by atoms with Crippen LogP contribution in [-0.4, -0.2) is 23.2 Å². The first-order valence-corrected chi connectivity index (χ1v) is 7.71. The second-order valence-corrected chi connectivity index (χ2v) is 5.58. The van der Waals surface area contributed by atoms with Gasteiger partial charge in [-0.05, 0) is 44.9 Å². The van der Waals surface area contributed by atoms with Crippen LogP contribution in [0.3, 0.4) is 0 Å². The van der Waals surface area contributed by atoms with Crippen LogP contribution in [-0.2, 0) is 4.79 Å². The number of aliphatic hydroxyl groups excluding tert-OH is 1. The largest absolute Gasteiger partial charge is 0.481 e. The highest BCUT2D eigenvalue weighted by atomic mass is 35.5.